The highest BCUT2D eigenvalue weighted by Crippen LogP contribution is 2.39. The molecule has 1 fully saturated rings. The molecule has 2 unspecified atom stereocenters. The number of carbonyl (C=O) groups excluding carboxylic acids is 2. The summed E-state index contributed by atoms with van der Waals surface area (Å²) in [7, 11) is 1.53. The van der Waals surface area contributed by atoms with Gasteiger partial charge in [-0.3, -0.25) is 9.59 Å². The quantitative estimate of drug-likeness (QED) is 0.296. The lowest BCUT2D eigenvalue weighted by Gasteiger charge is -2.33. The van der Waals surface area contributed by atoms with Gasteiger partial charge in [-0.15, -0.1) is 0 Å². The third-order valence-corrected chi connectivity index (χ3v) is 7.22. The zero-order valence-corrected chi connectivity index (χ0v) is 22.0. The number of alkyl halides is 5. The second-order valence-corrected chi connectivity index (χ2v) is 9.89. The Balaban J connectivity index is 1.67. The van der Waals surface area contributed by atoms with Crippen LogP contribution in [0.3, 0.4) is 0 Å². The standard InChI is InChI=1S/C28H30F5N3O4/c1-3-16-15-23(37)36(26(34)19-8-6-7-18(13-19)25(38)27(29,30)28(31,32)33)35-24(16)17-11-12-21(39-2)22(14-17)40-20-9-4-5-10-20/h6-8,11-14,16,20,26H,3-5,9-10,15,34H2,1-2H3. The Morgan fingerprint density at radius 1 is 1.10 bits per heavy atom. The number of ketones is 1. The minimum atomic E-state index is -6.06. The lowest BCUT2D eigenvalue weighted by atomic mass is 9.89. The van der Waals surface area contributed by atoms with Crippen molar-refractivity contribution in [3.63, 3.8) is 0 Å². The lowest BCUT2D eigenvalue weighted by Crippen LogP contribution is -2.44. The monoisotopic (exact) mass is 567 g/mol. The SMILES string of the molecule is CCC1CC(=O)N(C(N)c2cccc(C(=O)C(F)(F)C(F)(F)F)c2)N=C1c1ccc(OC)c(OC2CCCC2)c1. The van der Waals surface area contributed by atoms with Crippen molar-refractivity contribution in [3.8, 4) is 11.5 Å². The van der Waals surface area contributed by atoms with E-state index in [4.69, 9.17) is 15.2 Å². The molecule has 2 atom stereocenters. The summed E-state index contributed by atoms with van der Waals surface area (Å²) in [6.45, 7) is 1.90. The largest absolute Gasteiger partial charge is 0.493 e. The molecule has 1 aliphatic carbocycles. The van der Waals surface area contributed by atoms with Crippen molar-refractivity contribution in [2.45, 2.75) is 69.8 Å². The van der Waals surface area contributed by atoms with E-state index in [1.165, 1.54) is 13.2 Å². The Hall–Kier alpha value is -3.54. The normalized spacial score (nSPS) is 19.4. The molecule has 0 aromatic heterocycles. The van der Waals surface area contributed by atoms with E-state index < -0.39 is 35.5 Å². The van der Waals surface area contributed by atoms with Crippen LogP contribution in [-0.4, -0.2) is 47.7 Å². The highest BCUT2D eigenvalue weighted by molar-refractivity contribution is 6.06. The van der Waals surface area contributed by atoms with Crippen LogP contribution in [0.25, 0.3) is 0 Å². The molecule has 7 nitrogen and oxygen atoms in total. The van der Waals surface area contributed by atoms with E-state index >= 15 is 0 Å². The molecule has 0 spiro atoms. The maximum Gasteiger partial charge on any atom is 0.461 e. The molecule has 12 heteroatoms. The van der Waals surface area contributed by atoms with Crippen molar-refractivity contribution < 1.29 is 41.0 Å². The zero-order chi connectivity index (χ0) is 29.2. The third kappa shape index (κ3) is 5.81. The Labute approximate surface area is 228 Å². The average Bonchev–Trinajstić information content (AvgIpc) is 3.44. The second kappa shape index (κ2) is 11.5. The molecule has 1 amide bonds. The summed E-state index contributed by atoms with van der Waals surface area (Å²) >= 11 is 0. The summed E-state index contributed by atoms with van der Waals surface area (Å²) in [5.41, 5.74) is 6.55. The fourth-order valence-corrected chi connectivity index (χ4v) is 4.93. The van der Waals surface area contributed by atoms with Gasteiger partial charge in [-0.2, -0.15) is 27.1 Å². The van der Waals surface area contributed by atoms with Gasteiger partial charge in [0.25, 0.3) is 0 Å². The first-order chi connectivity index (χ1) is 18.9. The van der Waals surface area contributed by atoms with E-state index in [0.717, 1.165) is 48.9 Å². The van der Waals surface area contributed by atoms with Crippen LogP contribution < -0.4 is 15.2 Å². The first-order valence-electron chi connectivity index (χ1n) is 13.0. The van der Waals surface area contributed by atoms with Crippen molar-refractivity contribution in [1.29, 1.82) is 0 Å². The van der Waals surface area contributed by atoms with Crippen LogP contribution in [0.4, 0.5) is 22.0 Å². The molecule has 1 saturated carbocycles. The molecule has 2 aromatic carbocycles. The molecule has 4 rings (SSSR count). The number of hydrogen-bond donors (Lipinski definition) is 1. The average molecular weight is 568 g/mol. The van der Waals surface area contributed by atoms with E-state index in [1.54, 1.807) is 18.2 Å². The molecule has 2 aromatic rings. The van der Waals surface area contributed by atoms with Crippen molar-refractivity contribution in [1.82, 2.24) is 5.01 Å². The van der Waals surface area contributed by atoms with E-state index in [1.807, 2.05) is 6.92 Å². The molecule has 1 aliphatic heterocycles. The van der Waals surface area contributed by atoms with Gasteiger partial charge in [-0.05, 0) is 61.9 Å². The number of nitrogens with two attached hydrogens (primary N) is 1. The summed E-state index contributed by atoms with van der Waals surface area (Å²) in [5.74, 6) is -7.64. The number of hydrazone groups is 1. The number of halogens is 5. The Bertz CT molecular complexity index is 1290. The number of nitrogens with zero attached hydrogens (tertiary/aromatic N) is 2. The molecule has 1 heterocycles. The molecule has 0 radical (unpaired) electrons. The van der Waals surface area contributed by atoms with E-state index in [9.17, 15) is 31.5 Å². The van der Waals surface area contributed by atoms with Crippen LogP contribution >= 0.6 is 0 Å². The number of hydrogen-bond acceptors (Lipinski definition) is 6. The van der Waals surface area contributed by atoms with Crippen LogP contribution in [0.5, 0.6) is 11.5 Å². The van der Waals surface area contributed by atoms with Gasteiger partial charge in [-0.1, -0.05) is 25.1 Å². The van der Waals surface area contributed by atoms with Gasteiger partial charge in [0.05, 0.1) is 18.9 Å². The predicted molar refractivity (Wildman–Crippen MR) is 136 cm³/mol. The van der Waals surface area contributed by atoms with Gasteiger partial charge in [0, 0.05) is 23.5 Å². The number of benzene rings is 2. The molecule has 40 heavy (non-hydrogen) atoms. The van der Waals surface area contributed by atoms with Gasteiger partial charge in [0.15, 0.2) is 11.5 Å². The number of ether oxygens (including phenoxy) is 2. The van der Waals surface area contributed by atoms with Crippen LogP contribution in [-0.2, 0) is 4.79 Å². The second-order valence-electron chi connectivity index (χ2n) is 9.89. The third-order valence-electron chi connectivity index (χ3n) is 7.22. The van der Waals surface area contributed by atoms with Gasteiger partial charge >= 0.3 is 12.1 Å². The maximum absolute atomic E-state index is 13.7. The molecule has 0 saturated heterocycles. The number of rotatable bonds is 9. The molecule has 2 N–H and O–H groups in total. The fraction of sp³-hybridized carbons (Fsp3) is 0.464. The van der Waals surface area contributed by atoms with Gasteiger partial charge in [-0.25, -0.2) is 5.01 Å². The Morgan fingerprint density at radius 2 is 1.80 bits per heavy atom. The Morgan fingerprint density at radius 3 is 2.42 bits per heavy atom. The van der Waals surface area contributed by atoms with Crippen LogP contribution in [0, 0.1) is 5.92 Å². The smallest absolute Gasteiger partial charge is 0.461 e. The van der Waals surface area contributed by atoms with Gasteiger partial charge < -0.3 is 15.2 Å². The first kappa shape index (κ1) is 29.4. The van der Waals surface area contributed by atoms with E-state index in [-0.39, 0.29) is 24.0 Å². The molecular weight excluding hydrogens is 537 g/mol. The number of amides is 1. The van der Waals surface area contributed by atoms with Gasteiger partial charge in [0.1, 0.15) is 6.17 Å². The fourth-order valence-electron chi connectivity index (χ4n) is 4.93. The van der Waals surface area contributed by atoms with Crippen molar-refractivity contribution >= 4 is 17.4 Å². The minimum Gasteiger partial charge on any atom is -0.493 e. The summed E-state index contributed by atoms with van der Waals surface area (Å²) in [4.78, 5) is 25.0. The van der Waals surface area contributed by atoms with Gasteiger partial charge in [0.2, 0.25) is 11.7 Å². The molecule has 2 aliphatic rings. The lowest BCUT2D eigenvalue weighted by molar-refractivity contribution is -0.255. The first-order valence-corrected chi connectivity index (χ1v) is 13.0. The van der Waals surface area contributed by atoms with E-state index in [2.05, 4.69) is 5.10 Å². The number of carbonyl (C=O) groups is 2. The van der Waals surface area contributed by atoms with E-state index in [0.29, 0.717) is 29.2 Å². The molecule has 0 bridgehead atoms. The Kier molecular flexibility index (Phi) is 8.48. The molecule has 216 valence electrons. The number of methoxy groups -OCH3 is 1. The van der Waals surface area contributed by atoms with Crippen molar-refractivity contribution in [2.24, 2.45) is 16.8 Å². The number of Topliss-reactive ketones (excluding diaryl/α,β-unsaturated/α-hetero) is 1. The topological polar surface area (TPSA) is 94.2 Å². The highest BCUT2D eigenvalue weighted by atomic mass is 19.4. The molecular formula is C28H30F5N3O4. The van der Waals surface area contributed by atoms with Crippen LogP contribution in [0.2, 0.25) is 0 Å². The summed E-state index contributed by atoms with van der Waals surface area (Å²) in [6.07, 6.45) is -2.71. The van der Waals surface area contributed by atoms with Crippen molar-refractivity contribution in [3.05, 3.63) is 59.2 Å². The predicted octanol–water partition coefficient (Wildman–Crippen LogP) is 6.02. The van der Waals surface area contributed by atoms with Crippen LogP contribution in [0.15, 0.2) is 47.6 Å². The zero-order valence-electron chi connectivity index (χ0n) is 22.0. The highest BCUT2D eigenvalue weighted by Gasteiger charge is 2.63. The minimum absolute atomic E-state index is 0.0322. The summed E-state index contributed by atoms with van der Waals surface area (Å²) in [5, 5.41) is 5.49. The van der Waals surface area contributed by atoms with Crippen molar-refractivity contribution in [2.75, 3.05) is 7.11 Å². The van der Waals surface area contributed by atoms with Crippen LogP contribution in [0.1, 0.15) is 73.1 Å². The summed E-state index contributed by atoms with van der Waals surface area (Å²) in [6, 6.07) is 9.41. The maximum atomic E-state index is 13.7. The summed E-state index contributed by atoms with van der Waals surface area (Å²) < 4.78 is 77.3.